The minimum atomic E-state index is -0.221. The molecule has 0 N–H and O–H groups in total. The predicted octanol–water partition coefficient (Wildman–Crippen LogP) is 5.37. The Balaban J connectivity index is 1.58. The fourth-order valence-electron chi connectivity index (χ4n) is 3.15. The highest BCUT2D eigenvalue weighted by Gasteiger charge is 2.13. The molecular weight excluding hydrogens is 376 g/mol. The molecule has 162 valence electrons. The normalized spacial score (nSPS) is 11.9. The first kappa shape index (κ1) is 22.3. The van der Waals surface area contributed by atoms with E-state index in [2.05, 4.69) is 55.4 Å². The maximum Gasteiger partial charge on any atom is 0.161 e. The lowest BCUT2D eigenvalue weighted by atomic mass is 10.1. The number of hydrogen-bond donors (Lipinski definition) is 0. The Hall–Kier alpha value is -2.37. The summed E-state index contributed by atoms with van der Waals surface area (Å²) >= 11 is 0. The van der Waals surface area contributed by atoms with Gasteiger partial charge in [0.25, 0.3) is 0 Å². The van der Waals surface area contributed by atoms with Crippen LogP contribution in [0.4, 0.5) is 0 Å². The molecule has 0 saturated heterocycles. The van der Waals surface area contributed by atoms with Crippen molar-refractivity contribution >= 4 is 11.0 Å². The van der Waals surface area contributed by atoms with Gasteiger partial charge < -0.3 is 18.8 Å². The molecule has 1 heterocycles. The maximum absolute atomic E-state index is 5.97. The summed E-state index contributed by atoms with van der Waals surface area (Å²) in [6.45, 7) is 10.4. The van der Waals surface area contributed by atoms with E-state index in [1.165, 1.54) is 5.56 Å². The van der Waals surface area contributed by atoms with Crippen molar-refractivity contribution < 1.29 is 14.2 Å². The van der Waals surface area contributed by atoms with Gasteiger partial charge in [-0.05, 0) is 41.7 Å². The molecule has 5 nitrogen and oxygen atoms in total. The van der Waals surface area contributed by atoms with E-state index in [9.17, 15) is 0 Å². The van der Waals surface area contributed by atoms with Gasteiger partial charge >= 0.3 is 0 Å². The van der Waals surface area contributed by atoms with E-state index in [1.807, 2.05) is 37.4 Å². The Bertz CT molecular complexity index is 904. The highest BCUT2D eigenvalue weighted by atomic mass is 16.7. The summed E-state index contributed by atoms with van der Waals surface area (Å²) in [6.07, 6.45) is 0.506. The van der Waals surface area contributed by atoms with Gasteiger partial charge in [-0.3, -0.25) is 0 Å². The first-order chi connectivity index (χ1) is 14.4. The number of aromatic nitrogens is 2. The fourth-order valence-corrected chi connectivity index (χ4v) is 3.15. The van der Waals surface area contributed by atoms with Crippen molar-refractivity contribution in [1.82, 2.24) is 9.55 Å². The molecule has 2 aromatic carbocycles. The molecule has 30 heavy (non-hydrogen) atoms. The van der Waals surface area contributed by atoms with Gasteiger partial charge in [0.05, 0.1) is 24.2 Å². The van der Waals surface area contributed by atoms with E-state index < -0.39 is 0 Å². The summed E-state index contributed by atoms with van der Waals surface area (Å²) in [6, 6.07) is 16.3. The van der Waals surface area contributed by atoms with E-state index >= 15 is 0 Å². The number of ether oxygens (including phenoxy) is 3. The van der Waals surface area contributed by atoms with Crippen LogP contribution in [0.15, 0.2) is 48.5 Å². The number of aryl methyl sites for hydroxylation is 1. The van der Waals surface area contributed by atoms with E-state index in [4.69, 9.17) is 14.2 Å². The lowest BCUT2D eigenvalue weighted by Gasteiger charge is -2.21. The zero-order chi connectivity index (χ0) is 21.5. The standard InChI is InChI=1S/C25H34N2O3/c1-18(2)15-29-25(30-16-19(3)4)14-20-10-12-21(13-11-20)28-17-24-26-22-8-6-7-9-23(22)27(24)5/h6-13,18-19,25H,14-17H2,1-5H3. The van der Waals surface area contributed by atoms with Crippen LogP contribution < -0.4 is 4.74 Å². The zero-order valence-corrected chi connectivity index (χ0v) is 18.8. The second kappa shape index (κ2) is 10.6. The zero-order valence-electron chi connectivity index (χ0n) is 18.8. The first-order valence-corrected chi connectivity index (χ1v) is 10.8. The van der Waals surface area contributed by atoms with Crippen LogP contribution in [-0.4, -0.2) is 29.1 Å². The molecule has 0 bridgehead atoms. The van der Waals surface area contributed by atoms with Gasteiger partial charge in [0, 0.05) is 13.5 Å². The van der Waals surface area contributed by atoms with E-state index in [0.29, 0.717) is 31.7 Å². The first-order valence-electron chi connectivity index (χ1n) is 10.8. The van der Waals surface area contributed by atoms with Crippen molar-refractivity contribution in [1.29, 1.82) is 0 Å². The number of nitrogens with zero attached hydrogens (tertiary/aromatic N) is 2. The number of para-hydroxylation sites is 2. The molecule has 0 aliphatic rings. The lowest BCUT2D eigenvalue weighted by Crippen LogP contribution is -2.24. The lowest BCUT2D eigenvalue weighted by molar-refractivity contribution is -0.152. The van der Waals surface area contributed by atoms with Gasteiger partial charge in [0.2, 0.25) is 0 Å². The fraction of sp³-hybridized carbons (Fsp3) is 0.480. The van der Waals surface area contributed by atoms with Crippen LogP contribution >= 0.6 is 0 Å². The quantitative estimate of drug-likeness (QED) is 0.399. The molecule has 0 atom stereocenters. The van der Waals surface area contributed by atoms with Crippen molar-refractivity contribution in [3.05, 3.63) is 59.9 Å². The third-order valence-corrected chi connectivity index (χ3v) is 4.80. The van der Waals surface area contributed by atoms with Gasteiger partial charge in [-0.25, -0.2) is 4.98 Å². The van der Waals surface area contributed by atoms with Gasteiger partial charge in [0.15, 0.2) is 6.29 Å². The second-order valence-corrected chi connectivity index (χ2v) is 8.60. The molecule has 0 aliphatic carbocycles. The summed E-state index contributed by atoms with van der Waals surface area (Å²) in [4.78, 5) is 4.66. The van der Waals surface area contributed by atoms with Crippen LogP contribution in [0.2, 0.25) is 0 Å². The van der Waals surface area contributed by atoms with Gasteiger partial charge in [-0.15, -0.1) is 0 Å². The Morgan fingerprint density at radius 1 is 0.867 bits per heavy atom. The Morgan fingerprint density at radius 3 is 2.10 bits per heavy atom. The smallest absolute Gasteiger partial charge is 0.161 e. The van der Waals surface area contributed by atoms with E-state index in [1.54, 1.807) is 0 Å². The minimum absolute atomic E-state index is 0.221. The molecular formula is C25H34N2O3. The number of rotatable bonds is 11. The summed E-state index contributed by atoms with van der Waals surface area (Å²) < 4.78 is 20.0. The number of imidazole rings is 1. The molecule has 3 aromatic rings. The Morgan fingerprint density at radius 2 is 1.50 bits per heavy atom. The van der Waals surface area contributed by atoms with Crippen LogP contribution in [-0.2, 0) is 29.5 Å². The monoisotopic (exact) mass is 410 g/mol. The summed E-state index contributed by atoms with van der Waals surface area (Å²) in [7, 11) is 2.02. The van der Waals surface area contributed by atoms with Crippen LogP contribution in [0.3, 0.4) is 0 Å². The Labute approximate surface area is 180 Å². The summed E-state index contributed by atoms with van der Waals surface area (Å²) in [5.74, 6) is 2.69. The van der Waals surface area contributed by atoms with Crippen LogP contribution in [0, 0.1) is 11.8 Å². The van der Waals surface area contributed by atoms with Gasteiger partial charge in [-0.2, -0.15) is 0 Å². The molecule has 0 aliphatic heterocycles. The molecule has 0 unspecified atom stereocenters. The van der Waals surface area contributed by atoms with Crippen molar-refractivity contribution in [2.75, 3.05) is 13.2 Å². The topological polar surface area (TPSA) is 45.5 Å². The van der Waals surface area contributed by atoms with Crippen LogP contribution in [0.5, 0.6) is 5.75 Å². The van der Waals surface area contributed by atoms with Gasteiger partial charge in [-0.1, -0.05) is 52.0 Å². The molecule has 0 amide bonds. The highest BCUT2D eigenvalue weighted by Crippen LogP contribution is 2.19. The number of benzene rings is 2. The van der Waals surface area contributed by atoms with Crippen molar-refractivity contribution in [2.45, 2.75) is 47.0 Å². The maximum atomic E-state index is 5.97. The predicted molar refractivity (Wildman–Crippen MR) is 121 cm³/mol. The third-order valence-electron chi connectivity index (χ3n) is 4.80. The average molecular weight is 411 g/mol. The largest absolute Gasteiger partial charge is 0.486 e. The SMILES string of the molecule is CC(C)COC(Cc1ccc(OCc2nc3ccccc3n2C)cc1)OCC(C)C. The average Bonchev–Trinajstić information content (AvgIpc) is 3.05. The minimum Gasteiger partial charge on any atom is -0.486 e. The molecule has 1 aromatic heterocycles. The summed E-state index contributed by atoms with van der Waals surface area (Å²) in [5, 5.41) is 0. The van der Waals surface area contributed by atoms with Crippen molar-refractivity contribution in [3.63, 3.8) is 0 Å². The van der Waals surface area contributed by atoms with Crippen molar-refractivity contribution in [2.24, 2.45) is 18.9 Å². The number of fused-ring (bicyclic) bond motifs is 1. The van der Waals surface area contributed by atoms with E-state index in [-0.39, 0.29) is 6.29 Å². The highest BCUT2D eigenvalue weighted by molar-refractivity contribution is 5.75. The molecule has 3 rings (SSSR count). The molecule has 5 heteroatoms. The second-order valence-electron chi connectivity index (χ2n) is 8.60. The Kier molecular flexibility index (Phi) is 7.88. The third kappa shape index (κ3) is 6.31. The van der Waals surface area contributed by atoms with Crippen LogP contribution in [0.1, 0.15) is 39.1 Å². The van der Waals surface area contributed by atoms with Crippen molar-refractivity contribution in [3.8, 4) is 5.75 Å². The van der Waals surface area contributed by atoms with Crippen LogP contribution in [0.25, 0.3) is 11.0 Å². The molecule has 0 radical (unpaired) electrons. The van der Waals surface area contributed by atoms with E-state index in [0.717, 1.165) is 29.0 Å². The van der Waals surface area contributed by atoms with Gasteiger partial charge in [0.1, 0.15) is 18.2 Å². The summed E-state index contributed by atoms with van der Waals surface area (Å²) in [5.41, 5.74) is 3.27. The molecule has 0 fully saturated rings. The molecule has 0 spiro atoms. The molecule has 0 saturated carbocycles. The number of hydrogen-bond acceptors (Lipinski definition) is 4.